The highest BCUT2D eigenvalue weighted by Crippen LogP contribution is 2.20. The quantitative estimate of drug-likeness (QED) is 0.443. The fourth-order valence-corrected chi connectivity index (χ4v) is 2.69. The number of aromatic amines is 1. The monoisotopic (exact) mass is 401 g/mol. The number of H-pyrrole nitrogens is 1. The van der Waals surface area contributed by atoms with Crippen molar-refractivity contribution in [2.24, 2.45) is 4.99 Å². The van der Waals surface area contributed by atoms with Crippen LogP contribution in [0.25, 0.3) is 0 Å². The minimum absolute atomic E-state index is 0.299. The summed E-state index contributed by atoms with van der Waals surface area (Å²) in [6.45, 7) is 0.449. The van der Waals surface area contributed by atoms with E-state index in [1.807, 2.05) is 12.1 Å². The highest BCUT2D eigenvalue weighted by Gasteiger charge is 2.11. The van der Waals surface area contributed by atoms with Crippen LogP contribution in [-0.4, -0.2) is 28.4 Å². The molecule has 0 fully saturated rings. The van der Waals surface area contributed by atoms with Crippen molar-refractivity contribution in [2.45, 2.75) is 6.42 Å². The van der Waals surface area contributed by atoms with Crippen molar-refractivity contribution in [1.29, 1.82) is 0 Å². The summed E-state index contributed by atoms with van der Waals surface area (Å²) in [5.41, 5.74) is 2.03. The first kappa shape index (κ1) is 18.9. The maximum atomic E-state index is 12.5. The topological polar surface area (TPSA) is 82.2 Å². The van der Waals surface area contributed by atoms with E-state index >= 15 is 0 Å². The van der Waals surface area contributed by atoms with Gasteiger partial charge in [-0.05, 0) is 30.3 Å². The second-order valence-corrected chi connectivity index (χ2v) is 6.47. The predicted octanol–water partition coefficient (Wildman–Crippen LogP) is 4.16. The number of benzene rings is 2. The predicted molar refractivity (Wildman–Crippen MR) is 109 cm³/mol. The third-order valence-electron chi connectivity index (χ3n) is 3.65. The number of carbonyl (C=O) groups is 1. The van der Waals surface area contributed by atoms with Crippen LogP contribution in [0.4, 0.5) is 5.69 Å². The number of anilines is 1. The molecule has 3 aromatic rings. The molecule has 0 radical (unpaired) electrons. The van der Waals surface area contributed by atoms with E-state index in [-0.39, 0.29) is 5.91 Å². The fourth-order valence-electron chi connectivity index (χ4n) is 2.32. The summed E-state index contributed by atoms with van der Waals surface area (Å²) in [4.78, 5) is 24.0. The standard InChI is InChI=1S/C19H17Cl2N5O/c20-14-5-3-4-13(10-14)18(27)26-19(23-9-8-15-11-22-12-24-15)25-17-7-2-1-6-16(17)21/h1-7,10-12H,8-9H2,(H,22,24)(H2,23,25,26,27). The first-order chi connectivity index (χ1) is 13.1. The number of carbonyl (C=O) groups excluding carboxylic acids is 1. The van der Waals surface area contributed by atoms with Gasteiger partial charge in [0.05, 0.1) is 17.0 Å². The van der Waals surface area contributed by atoms with E-state index < -0.39 is 0 Å². The van der Waals surface area contributed by atoms with Crippen LogP contribution in [0, 0.1) is 0 Å². The summed E-state index contributed by atoms with van der Waals surface area (Å²) in [6, 6.07) is 13.9. The van der Waals surface area contributed by atoms with Crippen molar-refractivity contribution in [3.8, 4) is 0 Å². The van der Waals surface area contributed by atoms with Crippen LogP contribution in [0.2, 0.25) is 10.0 Å². The molecule has 0 atom stereocenters. The van der Waals surface area contributed by atoms with Gasteiger partial charge in [0.2, 0.25) is 5.96 Å². The number of nitrogens with zero attached hydrogens (tertiary/aromatic N) is 2. The van der Waals surface area contributed by atoms with Gasteiger partial charge in [0.25, 0.3) is 5.91 Å². The summed E-state index contributed by atoms with van der Waals surface area (Å²) in [7, 11) is 0. The van der Waals surface area contributed by atoms with Crippen molar-refractivity contribution >= 4 is 40.8 Å². The average molecular weight is 402 g/mol. The molecule has 3 rings (SSSR count). The van der Waals surface area contributed by atoms with Crippen LogP contribution in [0.15, 0.2) is 66.0 Å². The molecule has 1 aromatic heterocycles. The van der Waals surface area contributed by atoms with Gasteiger partial charge >= 0.3 is 0 Å². The van der Waals surface area contributed by atoms with Crippen LogP contribution in [0.3, 0.4) is 0 Å². The molecule has 0 aliphatic carbocycles. The zero-order valence-corrected chi connectivity index (χ0v) is 15.8. The van der Waals surface area contributed by atoms with E-state index in [0.717, 1.165) is 5.69 Å². The van der Waals surface area contributed by atoms with E-state index in [1.165, 1.54) is 0 Å². The van der Waals surface area contributed by atoms with Crippen LogP contribution in [0.1, 0.15) is 16.1 Å². The molecule has 2 aromatic carbocycles. The number of guanidine groups is 1. The van der Waals surface area contributed by atoms with Gasteiger partial charge in [-0.25, -0.2) is 4.98 Å². The number of hydrogen-bond donors (Lipinski definition) is 3. The van der Waals surface area contributed by atoms with Gasteiger partial charge < -0.3 is 10.3 Å². The Bertz CT molecular complexity index is 941. The first-order valence-electron chi connectivity index (χ1n) is 8.22. The molecule has 0 saturated carbocycles. The maximum absolute atomic E-state index is 12.5. The number of nitrogens with one attached hydrogen (secondary N) is 3. The van der Waals surface area contributed by atoms with Gasteiger partial charge in [-0.15, -0.1) is 0 Å². The summed E-state index contributed by atoms with van der Waals surface area (Å²) in [5, 5.41) is 6.85. The van der Waals surface area contributed by atoms with Crippen molar-refractivity contribution in [2.75, 3.05) is 11.9 Å². The van der Waals surface area contributed by atoms with E-state index in [1.54, 1.807) is 48.9 Å². The van der Waals surface area contributed by atoms with Gasteiger partial charge in [0.1, 0.15) is 0 Å². The van der Waals surface area contributed by atoms with Crippen LogP contribution in [-0.2, 0) is 6.42 Å². The maximum Gasteiger partial charge on any atom is 0.258 e. The molecule has 1 amide bonds. The summed E-state index contributed by atoms with van der Waals surface area (Å²) < 4.78 is 0. The number of hydrogen-bond acceptors (Lipinski definition) is 3. The number of imidazole rings is 1. The fraction of sp³-hybridized carbons (Fsp3) is 0.105. The normalized spacial score (nSPS) is 11.3. The molecule has 0 aliphatic heterocycles. The summed E-state index contributed by atoms with van der Waals surface area (Å²) >= 11 is 12.2. The van der Waals surface area contributed by atoms with Crippen molar-refractivity contribution < 1.29 is 4.79 Å². The van der Waals surface area contributed by atoms with Gasteiger partial charge in [-0.3, -0.25) is 15.1 Å². The minimum atomic E-state index is -0.322. The highest BCUT2D eigenvalue weighted by atomic mass is 35.5. The molecule has 3 N–H and O–H groups in total. The number of rotatable bonds is 5. The Labute approximate surface area is 166 Å². The van der Waals surface area contributed by atoms with E-state index in [4.69, 9.17) is 23.2 Å². The second-order valence-electron chi connectivity index (χ2n) is 5.63. The third-order valence-corrected chi connectivity index (χ3v) is 4.22. The Balaban J connectivity index is 1.75. The number of para-hydroxylation sites is 1. The van der Waals surface area contributed by atoms with Crippen LogP contribution >= 0.6 is 23.2 Å². The molecule has 8 heteroatoms. The molecule has 0 spiro atoms. The summed E-state index contributed by atoms with van der Waals surface area (Å²) in [6.07, 6.45) is 4.00. The van der Waals surface area contributed by atoms with E-state index in [2.05, 4.69) is 25.6 Å². The summed E-state index contributed by atoms with van der Waals surface area (Å²) in [5.74, 6) is -0.0232. The molecule has 0 aliphatic rings. The zero-order chi connectivity index (χ0) is 19.1. The molecule has 138 valence electrons. The largest absolute Gasteiger partial charge is 0.348 e. The van der Waals surface area contributed by atoms with Crippen molar-refractivity contribution in [3.63, 3.8) is 0 Å². The first-order valence-corrected chi connectivity index (χ1v) is 8.97. The Hall–Kier alpha value is -2.83. The minimum Gasteiger partial charge on any atom is -0.348 e. The highest BCUT2D eigenvalue weighted by molar-refractivity contribution is 6.34. The number of aliphatic imine (C=N–C) groups is 1. The lowest BCUT2D eigenvalue weighted by molar-refractivity contribution is 0.0977. The van der Waals surface area contributed by atoms with Crippen molar-refractivity contribution in [3.05, 3.63) is 82.4 Å². The number of amides is 1. The third kappa shape index (κ3) is 5.57. The lowest BCUT2D eigenvalue weighted by Gasteiger charge is -2.13. The Kier molecular flexibility index (Phi) is 6.46. The Morgan fingerprint density at radius 1 is 1.15 bits per heavy atom. The average Bonchev–Trinajstić information content (AvgIpc) is 3.17. The molecule has 27 heavy (non-hydrogen) atoms. The Morgan fingerprint density at radius 3 is 2.74 bits per heavy atom. The molecule has 0 unspecified atom stereocenters. The molecular formula is C19H17Cl2N5O. The number of aromatic nitrogens is 2. The van der Waals surface area contributed by atoms with Crippen LogP contribution < -0.4 is 10.6 Å². The van der Waals surface area contributed by atoms with Crippen LogP contribution in [0.5, 0.6) is 0 Å². The molecular weight excluding hydrogens is 385 g/mol. The number of halogens is 2. The van der Waals surface area contributed by atoms with E-state index in [9.17, 15) is 4.79 Å². The van der Waals surface area contributed by atoms with E-state index in [0.29, 0.717) is 40.2 Å². The Morgan fingerprint density at radius 2 is 2.00 bits per heavy atom. The van der Waals surface area contributed by atoms with Gasteiger partial charge in [0.15, 0.2) is 0 Å². The molecule has 0 saturated heterocycles. The lowest BCUT2D eigenvalue weighted by atomic mass is 10.2. The molecule has 1 heterocycles. The van der Waals surface area contributed by atoms with Gasteiger partial charge in [0, 0.05) is 35.4 Å². The van der Waals surface area contributed by atoms with Gasteiger partial charge in [-0.1, -0.05) is 41.4 Å². The smallest absolute Gasteiger partial charge is 0.258 e. The molecule has 6 nitrogen and oxygen atoms in total. The second kappa shape index (κ2) is 9.21. The lowest BCUT2D eigenvalue weighted by Crippen LogP contribution is -2.36. The van der Waals surface area contributed by atoms with Gasteiger partial charge in [-0.2, -0.15) is 0 Å². The van der Waals surface area contributed by atoms with Crippen molar-refractivity contribution in [1.82, 2.24) is 15.3 Å². The molecule has 0 bridgehead atoms. The SMILES string of the molecule is O=C(NC(=NCCc1cnc[nH]1)Nc1ccccc1Cl)c1cccc(Cl)c1. The zero-order valence-electron chi connectivity index (χ0n) is 14.2.